The summed E-state index contributed by atoms with van der Waals surface area (Å²) in [5.74, 6) is 4.11. The van der Waals surface area contributed by atoms with Crippen LogP contribution in [-0.4, -0.2) is 14.8 Å². The average Bonchev–Trinajstić information content (AvgIpc) is 2.94. The van der Waals surface area contributed by atoms with E-state index in [1.165, 1.54) is 0 Å². The first kappa shape index (κ1) is 12.2. The minimum Gasteiger partial charge on any atom is -0.233 e. The van der Waals surface area contributed by atoms with Crippen LogP contribution in [0.1, 0.15) is 0 Å². The van der Waals surface area contributed by atoms with Gasteiger partial charge in [0.2, 0.25) is 0 Å². The van der Waals surface area contributed by atoms with Crippen molar-refractivity contribution in [1.82, 2.24) is 14.8 Å². The largest absolute Gasteiger partial charge is 0.233 e. The van der Waals surface area contributed by atoms with Crippen molar-refractivity contribution in [2.24, 2.45) is 0 Å². The molecule has 0 radical (unpaired) electrons. The Labute approximate surface area is 117 Å². The van der Waals surface area contributed by atoms with Crippen molar-refractivity contribution in [3.63, 3.8) is 0 Å². The number of nitrogens with zero attached hydrogens (tertiary/aromatic N) is 3. The van der Waals surface area contributed by atoms with Gasteiger partial charge in [-0.1, -0.05) is 66.6 Å². The third-order valence-electron chi connectivity index (χ3n) is 2.98. The molecular formula is C17H13N3. The van der Waals surface area contributed by atoms with Gasteiger partial charge < -0.3 is 0 Å². The van der Waals surface area contributed by atoms with Crippen molar-refractivity contribution in [3.05, 3.63) is 60.7 Å². The van der Waals surface area contributed by atoms with Crippen LogP contribution in [0.2, 0.25) is 0 Å². The third kappa shape index (κ3) is 2.32. The van der Waals surface area contributed by atoms with Crippen LogP contribution in [0, 0.1) is 12.3 Å². The molecule has 0 aliphatic carbocycles. The highest BCUT2D eigenvalue weighted by Gasteiger charge is 2.12. The van der Waals surface area contributed by atoms with Crippen molar-refractivity contribution in [3.8, 4) is 35.1 Å². The molecule has 96 valence electrons. The molecule has 0 saturated carbocycles. The number of aromatic nitrogens is 3. The first-order chi connectivity index (χ1) is 9.88. The fourth-order valence-electron chi connectivity index (χ4n) is 2.05. The normalized spacial score (nSPS) is 10.2. The number of rotatable bonds is 3. The van der Waals surface area contributed by atoms with Crippen molar-refractivity contribution in [1.29, 1.82) is 0 Å². The summed E-state index contributed by atoms with van der Waals surface area (Å²) in [4.78, 5) is 4.63. The predicted octanol–water partition coefficient (Wildman–Crippen LogP) is 3.25. The van der Waals surface area contributed by atoms with Crippen LogP contribution in [-0.2, 0) is 6.54 Å². The van der Waals surface area contributed by atoms with E-state index in [4.69, 9.17) is 6.42 Å². The predicted molar refractivity (Wildman–Crippen MR) is 79.7 cm³/mol. The molecule has 0 unspecified atom stereocenters. The first-order valence-electron chi connectivity index (χ1n) is 6.37. The Balaban J connectivity index is 2.11. The van der Waals surface area contributed by atoms with E-state index in [9.17, 15) is 0 Å². The molecule has 0 saturated heterocycles. The lowest BCUT2D eigenvalue weighted by atomic mass is 10.2. The quantitative estimate of drug-likeness (QED) is 0.676. The lowest BCUT2D eigenvalue weighted by Gasteiger charge is -2.00. The molecule has 1 aromatic heterocycles. The summed E-state index contributed by atoms with van der Waals surface area (Å²) in [5, 5.41) is 4.51. The number of terminal acetylenes is 1. The molecule has 2 aromatic carbocycles. The van der Waals surface area contributed by atoms with Crippen LogP contribution in [0.5, 0.6) is 0 Å². The summed E-state index contributed by atoms with van der Waals surface area (Å²) in [6.45, 7) is 0.407. The minimum absolute atomic E-state index is 0.407. The highest BCUT2D eigenvalue weighted by Crippen LogP contribution is 2.21. The molecule has 0 atom stereocenters. The van der Waals surface area contributed by atoms with Gasteiger partial charge in [-0.2, -0.15) is 0 Å². The first-order valence-corrected chi connectivity index (χ1v) is 6.37. The molecule has 3 aromatic rings. The van der Waals surface area contributed by atoms with Crippen LogP contribution in [0.4, 0.5) is 0 Å². The van der Waals surface area contributed by atoms with E-state index >= 15 is 0 Å². The zero-order valence-electron chi connectivity index (χ0n) is 10.9. The molecule has 1 heterocycles. The molecule has 0 amide bonds. The molecule has 3 heteroatoms. The van der Waals surface area contributed by atoms with E-state index in [2.05, 4.69) is 16.0 Å². The second-order valence-corrected chi connectivity index (χ2v) is 4.35. The van der Waals surface area contributed by atoms with E-state index in [1.54, 1.807) is 4.68 Å². The van der Waals surface area contributed by atoms with Gasteiger partial charge >= 0.3 is 0 Å². The van der Waals surface area contributed by atoms with Crippen LogP contribution in [0.3, 0.4) is 0 Å². The van der Waals surface area contributed by atoms with Gasteiger partial charge in [0, 0.05) is 11.1 Å². The molecule has 20 heavy (non-hydrogen) atoms. The molecule has 3 nitrogen and oxygen atoms in total. The minimum atomic E-state index is 0.407. The van der Waals surface area contributed by atoms with Gasteiger partial charge in [0.15, 0.2) is 11.6 Å². The van der Waals surface area contributed by atoms with Crippen LogP contribution >= 0.6 is 0 Å². The number of hydrogen-bond donors (Lipinski definition) is 0. The molecule has 0 spiro atoms. The molecule has 0 bridgehead atoms. The molecule has 0 aliphatic rings. The maximum absolute atomic E-state index is 5.42. The standard InChI is InChI=1S/C17H13N3/c1-2-13-20-17(15-11-7-4-8-12-15)18-16(19-20)14-9-5-3-6-10-14/h1,3-12H,13H2. The monoisotopic (exact) mass is 259 g/mol. The Morgan fingerprint density at radius 3 is 2.10 bits per heavy atom. The SMILES string of the molecule is C#CCn1nc(-c2ccccc2)nc1-c1ccccc1. The van der Waals surface area contributed by atoms with Gasteiger partial charge in [-0.25, -0.2) is 9.67 Å². The topological polar surface area (TPSA) is 30.7 Å². The smallest absolute Gasteiger partial charge is 0.181 e. The molecule has 0 N–H and O–H groups in total. The summed E-state index contributed by atoms with van der Waals surface area (Å²) < 4.78 is 1.76. The second-order valence-electron chi connectivity index (χ2n) is 4.35. The zero-order chi connectivity index (χ0) is 13.8. The lowest BCUT2D eigenvalue weighted by Crippen LogP contribution is -2.00. The van der Waals surface area contributed by atoms with Crippen molar-refractivity contribution >= 4 is 0 Å². The molecule has 0 aliphatic heterocycles. The zero-order valence-corrected chi connectivity index (χ0v) is 10.9. The van der Waals surface area contributed by atoms with Gasteiger partial charge in [0.05, 0.1) is 0 Å². The van der Waals surface area contributed by atoms with E-state index in [-0.39, 0.29) is 0 Å². The fourth-order valence-corrected chi connectivity index (χ4v) is 2.05. The summed E-state index contributed by atoms with van der Waals surface area (Å²) in [6, 6.07) is 19.8. The van der Waals surface area contributed by atoms with Crippen molar-refractivity contribution in [2.45, 2.75) is 6.54 Å². The summed E-state index contributed by atoms with van der Waals surface area (Å²) in [7, 11) is 0. The number of hydrogen-bond acceptors (Lipinski definition) is 2. The van der Waals surface area contributed by atoms with E-state index in [0.29, 0.717) is 12.4 Å². The third-order valence-corrected chi connectivity index (χ3v) is 2.98. The van der Waals surface area contributed by atoms with Gasteiger partial charge in [-0.3, -0.25) is 0 Å². The summed E-state index contributed by atoms with van der Waals surface area (Å²) >= 11 is 0. The van der Waals surface area contributed by atoms with Crippen molar-refractivity contribution < 1.29 is 0 Å². The Bertz CT molecular complexity index is 737. The fraction of sp³-hybridized carbons (Fsp3) is 0.0588. The maximum Gasteiger partial charge on any atom is 0.181 e. The van der Waals surface area contributed by atoms with Crippen LogP contribution < -0.4 is 0 Å². The molecular weight excluding hydrogens is 246 g/mol. The van der Waals surface area contributed by atoms with E-state index in [0.717, 1.165) is 17.0 Å². The Morgan fingerprint density at radius 2 is 1.50 bits per heavy atom. The second kappa shape index (κ2) is 5.41. The Morgan fingerprint density at radius 1 is 0.900 bits per heavy atom. The van der Waals surface area contributed by atoms with Crippen LogP contribution in [0.15, 0.2) is 60.7 Å². The van der Waals surface area contributed by atoms with Gasteiger partial charge in [-0.05, 0) is 0 Å². The lowest BCUT2D eigenvalue weighted by molar-refractivity contribution is 0.724. The summed E-state index contributed by atoms with van der Waals surface area (Å²) in [5.41, 5.74) is 2.00. The van der Waals surface area contributed by atoms with Crippen LogP contribution in [0.25, 0.3) is 22.8 Å². The van der Waals surface area contributed by atoms with E-state index in [1.807, 2.05) is 60.7 Å². The number of benzene rings is 2. The molecule has 3 rings (SSSR count). The average molecular weight is 259 g/mol. The molecule has 0 fully saturated rings. The Hall–Kier alpha value is -2.86. The highest BCUT2D eigenvalue weighted by molar-refractivity contribution is 5.61. The van der Waals surface area contributed by atoms with Gasteiger partial charge in [-0.15, -0.1) is 11.5 Å². The van der Waals surface area contributed by atoms with Gasteiger partial charge in [0.1, 0.15) is 6.54 Å². The highest BCUT2D eigenvalue weighted by atomic mass is 15.3. The van der Waals surface area contributed by atoms with E-state index < -0.39 is 0 Å². The van der Waals surface area contributed by atoms with Gasteiger partial charge in [0.25, 0.3) is 0 Å². The maximum atomic E-state index is 5.42. The summed E-state index contributed by atoms with van der Waals surface area (Å²) in [6.07, 6.45) is 5.42. The van der Waals surface area contributed by atoms with Crippen molar-refractivity contribution in [2.75, 3.05) is 0 Å². The Kier molecular flexibility index (Phi) is 3.30.